The van der Waals surface area contributed by atoms with Gasteiger partial charge in [-0.25, -0.2) is 0 Å². The van der Waals surface area contributed by atoms with Crippen LogP contribution < -0.4 is 5.32 Å². The standard InChI is InChI=1S/C15H23N.ClH/c1-4-15(8-9-15)11-16-10-14-7-5-6-12(2)13(14)3;/h5-7,16H,4,8-11H2,1-3H3;1H. The van der Waals surface area contributed by atoms with Gasteiger partial charge in [-0.15, -0.1) is 12.4 Å². The summed E-state index contributed by atoms with van der Waals surface area (Å²) >= 11 is 0. The van der Waals surface area contributed by atoms with Crippen LogP contribution in [0.15, 0.2) is 18.2 Å². The Morgan fingerprint density at radius 1 is 1.24 bits per heavy atom. The molecule has 1 saturated carbocycles. The van der Waals surface area contributed by atoms with Crippen molar-refractivity contribution in [3.05, 3.63) is 34.9 Å². The van der Waals surface area contributed by atoms with E-state index in [0.717, 1.165) is 6.54 Å². The van der Waals surface area contributed by atoms with Crippen LogP contribution in [0.2, 0.25) is 0 Å². The van der Waals surface area contributed by atoms with Gasteiger partial charge in [0.25, 0.3) is 0 Å². The SMILES string of the molecule is CCC1(CNCc2cccc(C)c2C)CC1.Cl. The molecule has 0 atom stereocenters. The molecule has 1 aliphatic rings. The molecule has 17 heavy (non-hydrogen) atoms. The molecule has 1 aromatic rings. The van der Waals surface area contributed by atoms with Crippen LogP contribution in [0, 0.1) is 19.3 Å². The fraction of sp³-hybridized carbons (Fsp3) is 0.600. The number of nitrogens with one attached hydrogen (secondary N) is 1. The van der Waals surface area contributed by atoms with E-state index in [-0.39, 0.29) is 12.4 Å². The molecule has 0 aromatic heterocycles. The molecule has 0 spiro atoms. The van der Waals surface area contributed by atoms with E-state index in [9.17, 15) is 0 Å². The lowest BCUT2D eigenvalue weighted by Crippen LogP contribution is -2.23. The first-order valence-corrected chi connectivity index (χ1v) is 6.43. The van der Waals surface area contributed by atoms with Crippen LogP contribution in [0.5, 0.6) is 0 Å². The Balaban J connectivity index is 0.00000144. The molecule has 1 aliphatic carbocycles. The van der Waals surface area contributed by atoms with Gasteiger partial charge in [0.15, 0.2) is 0 Å². The van der Waals surface area contributed by atoms with E-state index in [2.05, 4.69) is 44.3 Å². The third-order valence-electron chi connectivity index (χ3n) is 4.24. The number of benzene rings is 1. The third kappa shape index (κ3) is 3.46. The Kier molecular flexibility index (Phi) is 5.03. The van der Waals surface area contributed by atoms with Crippen LogP contribution in [0.4, 0.5) is 0 Å². The number of rotatable bonds is 5. The second kappa shape index (κ2) is 5.88. The van der Waals surface area contributed by atoms with E-state index in [1.807, 2.05) is 0 Å². The fourth-order valence-electron chi connectivity index (χ4n) is 2.30. The maximum Gasteiger partial charge on any atom is 0.0208 e. The molecule has 0 unspecified atom stereocenters. The van der Waals surface area contributed by atoms with E-state index in [0.29, 0.717) is 5.41 Å². The Bertz CT molecular complexity index is 369. The van der Waals surface area contributed by atoms with Crippen LogP contribution in [-0.2, 0) is 6.54 Å². The first-order valence-electron chi connectivity index (χ1n) is 6.43. The number of halogens is 1. The minimum atomic E-state index is 0. The van der Waals surface area contributed by atoms with Crippen LogP contribution in [-0.4, -0.2) is 6.54 Å². The highest BCUT2D eigenvalue weighted by Gasteiger charge is 2.39. The number of hydrogen-bond donors (Lipinski definition) is 1. The van der Waals surface area contributed by atoms with E-state index in [1.54, 1.807) is 0 Å². The van der Waals surface area contributed by atoms with E-state index in [1.165, 1.54) is 42.5 Å². The van der Waals surface area contributed by atoms with Gasteiger partial charge in [0, 0.05) is 13.1 Å². The third-order valence-corrected chi connectivity index (χ3v) is 4.24. The van der Waals surface area contributed by atoms with Gasteiger partial charge in [0.1, 0.15) is 0 Å². The lowest BCUT2D eigenvalue weighted by atomic mass is 10.0. The van der Waals surface area contributed by atoms with Gasteiger partial charge in [-0.2, -0.15) is 0 Å². The van der Waals surface area contributed by atoms with Gasteiger partial charge in [-0.05, 0) is 55.2 Å². The maximum atomic E-state index is 3.62. The first kappa shape index (κ1) is 14.5. The van der Waals surface area contributed by atoms with Crippen LogP contribution in [0.3, 0.4) is 0 Å². The first-order chi connectivity index (χ1) is 7.67. The average molecular weight is 254 g/mol. The van der Waals surface area contributed by atoms with Gasteiger partial charge >= 0.3 is 0 Å². The Morgan fingerprint density at radius 2 is 1.94 bits per heavy atom. The molecule has 96 valence electrons. The lowest BCUT2D eigenvalue weighted by Gasteiger charge is -2.15. The maximum absolute atomic E-state index is 3.62. The summed E-state index contributed by atoms with van der Waals surface area (Å²) in [6.45, 7) is 8.94. The van der Waals surface area contributed by atoms with Crippen molar-refractivity contribution in [3.8, 4) is 0 Å². The quantitative estimate of drug-likeness (QED) is 0.836. The van der Waals surface area contributed by atoms with Crippen molar-refractivity contribution in [2.75, 3.05) is 6.54 Å². The molecule has 1 fully saturated rings. The van der Waals surface area contributed by atoms with Gasteiger partial charge in [0.2, 0.25) is 0 Å². The minimum absolute atomic E-state index is 0. The topological polar surface area (TPSA) is 12.0 Å². The van der Waals surface area contributed by atoms with Crippen molar-refractivity contribution in [2.24, 2.45) is 5.41 Å². The molecule has 0 saturated heterocycles. The predicted octanol–water partition coefficient (Wildman–Crippen LogP) is 4.01. The summed E-state index contributed by atoms with van der Waals surface area (Å²) in [5, 5.41) is 3.62. The molecule has 1 N–H and O–H groups in total. The van der Waals surface area contributed by atoms with Crippen molar-refractivity contribution >= 4 is 12.4 Å². The molecular formula is C15H24ClN. The van der Waals surface area contributed by atoms with Gasteiger partial charge in [-0.3, -0.25) is 0 Å². The summed E-state index contributed by atoms with van der Waals surface area (Å²) in [6.07, 6.45) is 4.17. The largest absolute Gasteiger partial charge is 0.312 e. The molecule has 0 heterocycles. The van der Waals surface area contributed by atoms with Crippen LogP contribution >= 0.6 is 12.4 Å². The Labute approximate surface area is 111 Å². The van der Waals surface area contributed by atoms with Gasteiger partial charge in [0.05, 0.1) is 0 Å². The Hall–Kier alpha value is -0.530. The lowest BCUT2D eigenvalue weighted by molar-refractivity contribution is 0.443. The van der Waals surface area contributed by atoms with E-state index >= 15 is 0 Å². The summed E-state index contributed by atoms with van der Waals surface area (Å²) in [5.41, 5.74) is 4.94. The molecule has 1 aromatic carbocycles. The van der Waals surface area contributed by atoms with Crippen molar-refractivity contribution in [1.82, 2.24) is 5.32 Å². The second-order valence-corrected chi connectivity index (χ2v) is 5.32. The number of aryl methyl sites for hydroxylation is 1. The van der Waals surface area contributed by atoms with Crippen LogP contribution in [0.1, 0.15) is 42.9 Å². The highest BCUT2D eigenvalue weighted by atomic mass is 35.5. The molecule has 0 amide bonds. The average Bonchev–Trinajstić information content (AvgIpc) is 3.05. The summed E-state index contributed by atoms with van der Waals surface area (Å²) in [5.74, 6) is 0. The van der Waals surface area contributed by atoms with Crippen molar-refractivity contribution in [1.29, 1.82) is 0 Å². The molecular weight excluding hydrogens is 230 g/mol. The predicted molar refractivity (Wildman–Crippen MR) is 76.8 cm³/mol. The summed E-state index contributed by atoms with van der Waals surface area (Å²) in [4.78, 5) is 0. The van der Waals surface area contributed by atoms with E-state index < -0.39 is 0 Å². The number of hydrogen-bond acceptors (Lipinski definition) is 1. The zero-order chi connectivity index (χ0) is 11.6. The summed E-state index contributed by atoms with van der Waals surface area (Å²) in [6, 6.07) is 6.58. The molecule has 0 radical (unpaired) electrons. The summed E-state index contributed by atoms with van der Waals surface area (Å²) < 4.78 is 0. The fourth-order valence-corrected chi connectivity index (χ4v) is 2.30. The van der Waals surface area contributed by atoms with Gasteiger partial charge < -0.3 is 5.32 Å². The van der Waals surface area contributed by atoms with Crippen LogP contribution in [0.25, 0.3) is 0 Å². The second-order valence-electron chi connectivity index (χ2n) is 5.32. The minimum Gasteiger partial charge on any atom is -0.312 e. The molecule has 1 nitrogen and oxygen atoms in total. The highest BCUT2D eigenvalue weighted by Crippen LogP contribution is 2.47. The molecule has 0 aliphatic heterocycles. The summed E-state index contributed by atoms with van der Waals surface area (Å²) in [7, 11) is 0. The van der Waals surface area contributed by atoms with Gasteiger partial charge in [-0.1, -0.05) is 25.1 Å². The zero-order valence-electron chi connectivity index (χ0n) is 11.2. The van der Waals surface area contributed by atoms with Crippen molar-refractivity contribution < 1.29 is 0 Å². The highest BCUT2D eigenvalue weighted by molar-refractivity contribution is 5.85. The zero-order valence-corrected chi connectivity index (χ0v) is 12.0. The van der Waals surface area contributed by atoms with E-state index in [4.69, 9.17) is 0 Å². The smallest absolute Gasteiger partial charge is 0.0208 e. The van der Waals surface area contributed by atoms with Crippen molar-refractivity contribution in [3.63, 3.8) is 0 Å². The normalized spacial score (nSPS) is 16.4. The van der Waals surface area contributed by atoms with Crippen molar-refractivity contribution in [2.45, 2.75) is 46.6 Å². The Morgan fingerprint density at radius 3 is 2.53 bits per heavy atom. The monoisotopic (exact) mass is 253 g/mol. The molecule has 2 rings (SSSR count). The molecule has 2 heteroatoms. The molecule has 0 bridgehead atoms.